The van der Waals surface area contributed by atoms with E-state index in [0.29, 0.717) is 0 Å². The summed E-state index contributed by atoms with van der Waals surface area (Å²) >= 11 is 11.3. The summed E-state index contributed by atoms with van der Waals surface area (Å²) in [7, 11) is 0.898. The van der Waals surface area contributed by atoms with Gasteiger partial charge in [0.1, 0.15) is 0 Å². The van der Waals surface area contributed by atoms with E-state index in [1.165, 1.54) is 5.32 Å². The molecule has 0 unspecified atom stereocenters. The van der Waals surface area contributed by atoms with Crippen molar-refractivity contribution in [3.63, 3.8) is 0 Å². The van der Waals surface area contributed by atoms with Gasteiger partial charge in [0.25, 0.3) is 0 Å². The minimum atomic E-state index is -5.07. The standard InChI is InChI=1S/C10H6Cl2F3NO4/c1-18-8(17)16-10(9(13,14)15)19-6-2-4(11)5(12)3-7(6)20-10/h2-3H,1H3,(H,16,17). The van der Waals surface area contributed by atoms with Gasteiger partial charge in [0.05, 0.1) is 17.2 Å². The van der Waals surface area contributed by atoms with E-state index in [1.54, 1.807) is 0 Å². The third kappa shape index (κ3) is 2.40. The molecule has 0 aromatic heterocycles. The minimum Gasteiger partial charge on any atom is -0.453 e. The van der Waals surface area contributed by atoms with E-state index in [-0.39, 0.29) is 21.5 Å². The van der Waals surface area contributed by atoms with Crippen LogP contribution < -0.4 is 14.8 Å². The molecule has 1 N–H and O–H groups in total. The highest BCUT2D eigenvalue weighted by molar-refractivity contribution is 6.42. The van der Waals surface area contributed by atoms with E-state index in [9.17, 15) is 18.0 Å². The summed E-state index contributed by atoms with van der Waals surface area (Å²) in [5.41, 5.74) is 0. The van der Waals surface area contributed by atoms with Gasteiger partial charge in [0.15, 0.2) is 11.5 Å². The summed E-state index contributed by atoms with van der Waals surface area (Å²) in [6, 6.07) is 2.09. The molecule has 110 valence electrons. The predicted molar refractivity (Wildman–Crippen MR) is 62.0 cm³/mol. The number of halogens is 5. The average molecular weight is 332 g/mol. The molecule has 2 rings (SSSR count). The van der Waals surface area contributed by atoms with Crippen molar-refractivity contribution in [1.82, 2.24) is 5.32 Å². The monoisotopic (exact) mass is 331 g/mol. The summed E-state index contributed by atoms with van der Waals surface area (Å²) in [5.74, 6) is -4.02. The Morgan fingerprint density at radius 2 is 1.70 bits per heavy atom. The zero-order valence-electron chi connectivity index (χ0n) is 9.68. The van der Waals surface area contributed by atoms with Gasteiger partial charge in [-0.3, -0.25) is 0 Å². The highest BCUT2D eigenvalue weighted by Gasteiger charge is 2.66. The van der Waals surface area contributed by atoms with Crippen molar-refractivity contribution in [2.24, 2.45) is 0 Å². The van der Waals surface area contributed by atoms with Gasteiger partial charge in [0, 0.05) is 12.1 Å². The van der Waals surface area contributed by atoms with Crippen LogP contribution in [-0.4, -0.2) is 25.3 Å². The Labute approximate surface area is 120 Å². The first kappa shape index (κ1) is 14.9. The van der Waals surface area contributed by atoms with Crippen LogP contribution in [0.5, 0.6) is 11.5 Å². The number of ether oxygens (including phenoxy) is 3. The van der Waals surface area contributed by atoms with Crippen LogP contribution in [0.2, 0.25) is 10.0 Å². The van der Waals surface area contributed by atoms with Crippen LogP contribution in [0.15, 0.2) is 12.1 Å². The molecule has 10 heteroatoms. The number of carbonyl (C=O) groups is 1. The lowest BCUT2D eigenvalue weighted by Gasteiger charge is -2.28. The first-order chi connectivity index (χ1) is 9.18. The molecule has 1 heterocycles. The fourth-order valence-electron chi connectivity index (χ4n) is 1.42. The van der Waals surface area contributed by atoms with Gasteiger partial charge in [-0.1, -0.05) is 23.2 Å². The van der Waals surface area contributed by atoms with Crippen molar-refractivity contribution in [3.05, 3.63) is 22.2 Å². The number of alkyl halides is 3. The van der Waals surface area contributed by atoms with Crippen LogP contribution in [0, 0.1) is 0 Å². The molecule has 1 amide bonds. The number of nitrogens with one attached hydrogen (secondary N) is 1. The maximum absolute atomic E-state index is 13.1. The summed E-state index contributed by atoms with van der Waals surface area (Å²) in [4.78, 5) is 11.1. The SMILES string of the molecule is COC(=O)NC1(C(F)(F)F)Oc2cc(Cl)c(Cl)cc2O1. The quantitative estimate of drug-likeness (QED) is 0.857. The lowest BCUT2D eigenvalue weighted by molar-refractivity contribution is -0.318. The second-order valence-corrected chi connectivity index (χ2v) is 4.46. The van der Waals surface area contributed by atoms with Crippen molar-refractivity contribution in [1.29, 1.82) is 0 Å². The van der Waals surface area contributed by atoms with Gasteiger partial charge < -0.3 is 14.2 Å². The molecule has 0 fully saturated rings. The predicted octanol–water partition coefficient (Wildman–Crippen LogP) is 3.34. The first-order valence-electron chi connectivity index (χ1n) is 4.98. The fourth-order valence-corrected chi connectivity index (χ4v) is 1.73. The number of methoxy groups -OCH3 is 1. The molecule has 20 heavy (non-hydrogen) atoms. The van der Waals surface area contributed by atoms with E-state index in [4.69, 9.17) is 23.2 Å². The average Bonchev–Trinajstić information content (AvgIpc) is 2.67. The Morgan fingerprint density at radius 1 is 1.25 bits per heavy atom. The molecule has 1 aromatic rings. The topological polar surface area (TPSA) is 56.8 Å². The summed E-state index contributed by atoms with van der Waals surface area (Å²) in [6.07, 6.45) is -6.45. The summed E-state index contributed by atoms with van der Waals surface area (Å²) in [5, 5.41) is 1.40. The number of alkyl carbamates (subject to hydrolysis) is 1. The molecule has 1 aromatic carbocycles. The molecule has 1 aliphatic heterocycles. The van der Waals surface area contributed by atoms with Crippen LogP contribution in [0.3, 0.4) is 0 Å². The molecule has 0 saturated heterocycles. The highest BCUT2D eigenvalue weighted by Crippen LogP contribution is 2.47. The second kappa shape index (κ2) is 4.78. The molecule has 0 spiro atoms. The Kier molecular flexibility index (Phi) is 3.55. The number of fused-ring (bicyclic) bond motifs is 1. The zero-order chi connectivity index (χ0) is 15.1. The van der Waals surface area contributed by atoms with Gasteiger partial charge in [-0.2, -0.15) is 13.2 Å². The summed E-state index contributed by atoms with van der Waals surface area (Å²) in [6.45, 7) is 0. The minimum absolute atomic E-state index is 0.0231. The number of hydrogen-bond donors (Lipinski definition) is 1. The van der Waals surface area contributed by atoms with Gasteiger partial charge in [-0.25, -0.2) is 10.1 Å². The molecule has 0 radical (unpaired) electrons. The van der Waals surface area contributed by atoms with Crippen molar-refractivity contribution in [2.75, 3.05) is 7.11 Å². The van der Waals surface area contributed by atoms with Crippen molar-refractivity contribution >= 4 is 29.3 Å². The normalized spacial score (nSPS) is 15.9. The lowest BCUT2D eigenvalue weighted by Crippen LogP contribution is -2.64. The van der Waals surface area contributed by atoms with Crippen LogP contribution in [0.1, 0.15) is 0 Å². The Bertz CT molecular complexity index is 533. The molecule has 0 saturated carbocycles. The summed E-state index contributed by atoms with van der Waals surface area (Å²) < 4.78 is 52.7. The lowest BCUT2D eigenvalue weighted by atomic mass is 10.3. The van der Waals surface area contributed by atoms with E-state index < -0.39 is 18.2 Å². The Hall–Kier alpha value is -1.54. The number of benzene rings is 1. The number of carbonyl (C=O) groups excluding carboxylic acids is 1. The van der Waals surface area contributed by atoms with E-state index in [1.807, 2.05) is 0 Å². The third-order valence-corrected chi connectivity index (χ3v) is 3.04. The molecule has 5 nitrogen and oxygen atoms in total. The van der Waals surface area contributed by atoms with Crippen LogP contribution in [0.4, 0.5) is 18.0 Å². The fraction of sp³-hybridized carbons (Fsp3) is 0.300. The van der Waals surface area contributed by atoms with Crippen molar-refractivity contribution in [2.45, 2.75) is 12.1 Å². The van der Waals surface area contributed by atoms with Crippen LogP contribution >= 0.6 is 23.2 Å². The largest absolute Gasteiger partial charge is 0.492 e. The first-order valence-corrected chi connectivity index (χ1v) is 5.74. The highest BCUT2D eigenvalue weighted by atomic mass is 35.5. The molecule has 0 aliphatic carbocycles. The van der Waals surface area contributed by atoms with Crippen LogP contribution in [-0.2, 0) is 4.74 Å². The molecular weight excluding hydrogens is 326 g/mol. The molecule has 0 bridgehead atoms. The van der Waals surface area contributed by atoms with Gasteiger partial charge >= 0.3 is 18.2 Å². The maximum atomic E-state index is 13.1. The van der Waals surface area contributed by atoms with E-state index in [0.717, 1.165) is 19.2 Å². The van der Waals surface area contributed by atoms with Crippen molar-refractivity contribution in [3.8, 4) is 11.5 Å². The number of amides is 1. The van der Waals surface area contributed by atoms with Gasteiger partial charge in [-0.05, 0) is 0 Å². The second-order valence-electron chi connectivity index (χ2n) is 3.65. The van der Waals surface area contributed by atoms with Gasteiger partial charge in [-0.15, -0.1) is 0 Å². The smallest absolute Gasteiger partial charge is 0.453 e. The van der Waals surface area contributed by atoms with Crippen molar-refractivity contribution < 1.29 is 32.2 Å². The zero-order valence-corrected chi connectivity index (χ0v) is 11.2. The number of hydrogen-bond acceptors (Lipinski definition) is 4. The molecular formula is C10H6Cl2F3NO4. The maximum Gasteiger partial charge on any atom is 0.492 e. The Morgan fingerprint density at radius 3 is 2.05 bits per heavy atom. The van der Waals surface area contributed by atoms with E-state index >= 15 is 0 Å². The Balaban J connectivity index is 2.41. The third-order valence-electron chi connectivity index (χ3n) is 2.32. The number of rotatable bonds is 1. The molecule has 1 aliphatic rings. The van der Waals surface area contributed by atoms with Gasteiger partial charge in [0.2, 0.25) is 0 Å². The van der Waals surface area contributed by atoms with E-state index in [2.05, 4.69) is 14.2 Å². The molecule has 0 atom stereocenters. The van der Waals surface area contributed by atoms with Crippen LogP contribution in [0.25, 0.3) is 0 Å².